The molecule has 3 rings (SSSR count). The number of aromatic hydroxyl groups is 1. The van der Waals surface area contributed by atoms with Gasteiger partial charge >= 0.3 is 0 Å². The van der Waals surface area contributed by atoms with Gasteiger partial charge in [0.15, 0.2) is 5.88 Å². The highest BCUT2D eigenvalue weighted by Crippen LogP contribution is 2.31. The number of nitro benzene ring substituents is 1. The Bertz CT molecular complexity index is 989. The first-order chi connectivity index (χ1) is 11.4. The molecule has 122 valence electrons. The van der Waals surface area contributed by atoms with Crippen LogP contribution >= 0.6 is 0 Å². The summed E-state index contributed by atoms with van der Waals surface area (Å²) in [7, 11) is 0. The van der Waals surface area contributed by atoms with Crippen molar-refractivity contribution >= 4 is 33.7 Å². The van der Waals surface area contributed by atoms with Gasteiger partial charge in [-0.05, 0) is 38.1 Å². The van der Waals surface area contributed by atoms with Crippen LogP contribution < -0.4 is 5.73 Å². The summed E-state index contributed by atoms with van der Waals surface area (Å²) in [6.07, 6.45) is 0. The largest absolute Gasteiger partial charge is 0.494 e. The summed E-state index contributed by atoms with van der Waals surface area (Å²) in [5.74, 6) is -0.0153. The first kappa shape index (κ1) is 15.5. The molecule has 0 spiro atoms. The maximum Gasteiger partial charge on any atom is 0.274 e. The number of aromatic amines is 1. The topological polar surface area (TPSA) is 118 Å². The highest BCUT2D eigenvalue weighted by atomic mass is 16.6. The minimum absolute atomic E-state index is 0.0106. The molecule has 1 heterocycles. The van der Waals surface area contributed by atoms with Crippen molar-refractivity contribution in [2.24, 2.45) is 4.99 Å². The summed E-state index contributed by atoms with van der Waals surface area (Å²) in [6.45, 7) is 3.41. The van der Waals surface area contributed by atoms with Crippen molar-refractivity contribution in [3.05, 3.63) is 57.6 Å². The van der Waals surface area contributed by atoms with Gasteiger partial charge in [-0.25, -0.2) is 0 Å². The molecule has 0 saturated heterocycles. The quantitative estimate of drug-likeness (QED) is 0.294. The Labute approximate surface area is 137 Å². The number of anilines is 1. The van der Waals surface area contributed by atoms with Crippen molar-refractivity contribution in [3.63, 3.8) is 0 Å². The number of nitrogens with two attached hydrogens (primary N) is 1. The predicted octanol–water partition coefficient (Wildman–Crippen LogP) is 3.81. The van der Waals surface area contributed by atoms with E-state index >= 15 is 0 Å². The van der Waals surface area contributed by atoms with Gasteiger partial charge in [-0.1, -0.05) is 6.07 Å². The van der Waals surface area contributed by atoms with Gasteiger partial charge in [0.1, 0.15) is 0 Å². The van der Waals surface area contributed by atoms with Crippen LogP contribution in [0.4, 0.5) is 17.1 Å². The Morgan fingerprint density at radius 3 is 2.75 bits per heavy atom. The second-order valence-corrected chi connectivity index (χ2v) is 5.58. The maximum absolute atomic E-state index is 11.1. The van der Waals surface area contributed by atoms with E-state index in [-0.39, 0.29) is 11.6 Å². The molecule has 7 nitrogen and oxygen atoms in total. The second kappa shape index (κ2) is 5.69. The van der Waals surface area contributed by atoms with Crippen LogP contribution in [0, 0.1) is 17.0 Å². The summed E-state index contributed by atoms with van der Waals surface area (Å²) in [6, 6.07) is 10.0. The molecule has 0 aliphatic rings. The van der Waals surface area contributed by atoms with Crippen LogP contribution in [0.5, 0.6) is 5.88 Å². The van der Waals surface area contributed by atoms with Crippen LogP contribution in [-0.2, 0) is 0 Å². The van der Waals surface area contributed by atoms with E-state index in [1.165, 1.54) is 6.07 Å². The normalized spacial score (nSPS) is 11.8. The molecule has 1 aromatic heterocycles. The molecule has 0 fully saturated rings. The molecule has 0 atom stereocenters. The van der Waals surface area contributed by atoms with Gasteiger partial charge in [0.25, 0.3) is 5.69 Å². The lowest BCUT2D eigenvalue weighted by Gasteiger charge is -2.03. The average molecular weight is 324 g/mol. The monoisotopic (exact) mass is 324 g/mol. The summed E-state index contributed by atoms with van der Waals surface area (Å²) in [4.78, 5) is 17.9. The molecule has 0 bridgehead atoms. The van der Waals surface area contributed by atoms with Crippen molar-refractivity contribution in [1.29, 1.82) is 0 Å². The number of nitro groups is 1. The molecular weight excluding hydrogens is 308 g/mol. The summed E-state index contributed by atoms with van der Waals surface area (Å²) in [5.41, 5.74) is 9.21. The highest BCUT2D eigenvalue weighted by Gasteiger charge is 2.15. The smallest absolute Gasteiger partial charge is 0.274 e. The first-order valence-electron chi connectivity index (χ1n) is 7.27. The van der Waals surface area contributed by atoms with Gasteiger partial charge in [0.2, 0.25) is 0 Å². The summed E-state index contributed by atoms with van der Waals surface area (Å²) < 4.78 is 0. The number of nitrogen functional groups attached to an aromatic ring is 1. The number of hydrogen-bond acceptors (Lipinski definition) is 5. The van der Waals surface area contributed by atoms with E-state index in [0.717, 1.165) is 10.9 Å². The van der Waals surface area contributed by atoms with Gasteiger partial charge in [-0.3, -0.25) is 15.1 Å². The van der Waals surface area contributed by atoms with E-state index in [2.05, 4.69) is 9.98 Å². The average Bonchev–Trinajstić information content (AvgIpc) is 2.84. The van der Waals surface area contributed by atoms with Crippen LogP contribution in [-0.4, -0.2) is 20.7 Å². The molecule has 24 heavy (non-hydrogen) atoms. The minimum atomic E-state index is -0.437. The molecular formula is C17H16N4O3. The number of H-pyrrole nitrogens is 1. The number of hydrogen-bond donors (Lipinski definition) is 3. The van der Waals surface area contributed by atoms with E-state index in [9.17, 15) is 15.2 Å². The van der Waals surface area contributed by atoms with Gasteiger partial charge < -0.3 is 15.8 Å². The van der Waals surface area contributed by atoms with Crippen LogP contribution in [0.15, 0.2) is 41.4 Å². The predicted molar refractivity (Wildman–Crippen MR) is 94.1 cm³/mol. The lowest BCUT2D eigenvalue weighted by Crippen LogP contribution is -1.95. The number of nitrogens with one attached hydrogen (secondary N) is 1. The third-order valence-corrected chi connectivity index (χ3v) is 3.85. The fourth-order valence-electron chi connectivity index (χ4n) is 2.68. The Kier molecular flexibility index (Phi) is 3.69. The molecule has 4 N–H and O–H groups in total. The van der Waals surface area contributed by atoms with Crippen molar-refractivity contribution in [3.8, 4) is 5.88 Å². The lowest BCUT2D eigenvalue weighted by molar-refractivity contribution is -0.385. The number of aryl methyl sites for hydroxylation is 1. The van der Waals surface area contributed by atoms with Crippen LogP contribution in [0.3, 0.4) is 0 Å². The maximum atomic E-state index is 11.1. The SMILES string of the molecule is CC(=Nc1ccc(C)c([N+](=O)[O-])c1)c1c(O)[nH]c2ccc(N)cc12. The fraction of sp³-hybridized carbons (Fsp3) is 0.118. The Morgan fingerprint density at radius 1 is 1.29 bits per heavy atom. The third-order valence-electron chi connectivity index (χ3n) is 3.85. The van der Waals surface area contributed by atoms with Crippen LogP contribution in [0.25, 0.3) is 10.9 Å². The van der Waals surface area contributed by atoms with Crippen LogP contribution in [0.1, 0.15) is 18.1 Å². The van der Waals surface area contributed by atoms with E-state index in [0.29, 0.717) is 28.2 Å². The standard InChI is InChI=1S/C17H16N4O3/c1-9-3-5-12(8-15(9)21(23)24)19-10(2)16-13-7-11(18)4-6-14(13)20-17(16)22/h3-8,20,22H,18H2,1-2H3. The van der Waals surface area contributed by atoms with Crippen molar-refractivity contribution < 1.29 is 10.0 Å². The van der Waals surface area contributed by atoms with E-state index in [1.54, 1.807) is 44.2 Å². The molecule has 0 radical (unpaired) electrons. The van der Waals surface area contributed by atoms with Crippen molar-refractivity contribution in [2.75, 3.05) is 5.73 Å². The van der Waals surface area contributed by atoms with Gasteiger partial charge in [0.05, 0.1) is 21.9 Å². The Balaban J connectivity index is 2.12. The van der Waals surface area contributed by atoms with Gasteiger partial charge in [0, 0.05) is 28.2 Å². The number of benzene rings is 2. The van der Waals surface area contributed by atoms with Gasteiger partial charge in [-0.15, -0.1) is 0 Å². The highest BCUT2D eigenvalue weighted by molar-refractivity contribution is 6.13. The van der Waals surface area contributed by atoms with Gasteiger partial charge in [-0.2, -0.15) is 0 Å². The zero-order valence-corrected chi connectivity index (χ0v) is 13.2. The number of rotatable bonds is 3. The second-order valence-electron chi connectivity index (χ2n) is 5.58. The molecule has 0 unspecified atom stereocenters. The fourth-order valence-corrected chi connectivity index (χ4v) is 2.68. The third kappa shape index (κ3) is 2.67. The molecule has 0 aliphatic heterocycles. The Hall–Kier alpha value is -3.35. The lowest BCUT2D eigenvalue weighted by atomic mass is 10.1. The zero-order chi connectivity index (χ0) is 17.4. The first-order valence-corrected chi connectivity index (χ1v) is 7.27. The number of aliphatic imine (C=N–C) groups is 1. The molecule has 0 saturated carbocycles. The Morgan fingerprint density at radius 2 is 2.04 bits per heavy atom. The molecule has 0 aliphatic carbocycles. The molecule has 7 heteroatoms. The number of nitrogens with zero attached hydrogens (tertiary/aromatic N) is 2. The molecule has 0 amide bonds. The van der Waals surface area contributed by atoms with Crippen LogP contribution in [0.2, 0.25) is 0 Å². The molecule has 2 aromatic carbocycles. The number of aromatic nitrogens is 1. The van der Waals surface area contributed by atoms with Crippen molar-refractivity contribution in [1.82, 2.24) is 4.98 Å². The zero-order valence-electron chi connectivity index (χ0n) is 13.2. The molecule has 3 aromatic rings. The number of fused-ring (bicyclic) bond motifs is 1. The summed E-state index contributed by atoms with van der Waals surface area (Å²) >= 11 is 0. The minimum Gasteiger partial charge on any atom is -0.494 e. The van der Waals surface area contributed by atoms with Crippen molar-refractivity contribution in [2.45, 2.75) is 13.8 Å². The van der Waals surface area contributed by atoms with E-state index < -0.39 is 4.92 Å². The van der Waals surface area contributed by atoms with E-state index in [1.807, 2.05) is 0 Å². The summed E-state index contributed by atoms with van der Waals surface area (Å²) in [5, 5.41) is 22.0. The van der Waals surface area contributed by atoms with E-state index in [4.69, 9.17) is 5.73 Å².